The third-order valence-electron chi connectivity index (χ3n) is 5.21. The van der Waals surface area contributed by atoms with Gasteiger partial charge in [0, 0.05) is 19.4 Å². The maximum Gasteiger partial charge on any atom is 0.259 e. The van der Waals surface area contributed by atoms with Crippen LogP contribution in [0.15, 0.2) is 70.1 Å². The lowest BCUT2D eigenvalue weighted by molar-refractivity contribution is 0.0942. The molecule has 0 radical (unpaired) electrons. The number of nitrogens with zero attached hydrogens (tertiary/aromatic N) is 4. The van der Waals surface area contributed by atoms with Gasteiger partial charge in [0.25, 0.3) is 11.6 Å². The topological polar surface area (TPSA) is 99.0 Å². The fourth-order valence-corrected chi connectivity index (χ4v) is 3.67. The molecule has 0 saturated heterocycles. The highest BCUT2D eigenvalue weighted by Crippen LogP contribution is 2.29. The van der Waals surface area contributed by atoms with Gasteiger partial charge in [0.1, 0.15) is 23.4 Å². The molecule has 32 heavy (non-hydrogen) atoms. The van der Waals surface area contributed by atoms with Crippen LogP contribution in [0.1, 0.15) is 33.5 Å². The largest absolute Gasteiger partial charge is 0.463 e. The molecule has 0 bridgehead atoms. The van der Waals surface area contributed by atoms with Gasteiger partial charge in [0.15, 0.2) is 5.76 Å². The van der Waals surface area contributed by atoms with Gasteiger partial charge in [0.2, 0.25) is 0 Å². The van der Waals surface area contributed by atoms with E-state index in [0.29, 0.717) is 39.5 Å². The van der Waals surface area contributed by atoms with Gasteiger partial charge in [-0.2, -0.15) is 0 Å². The Morgan fingerprint density at radius 1 is 1.22 bits per heavy atom. The number of fused-ring (bicyclic) bond motifs is 1. The van der Waals surface area contributed by atoms with Crippen molar-refractivity contribution < 1.29 is 18.1 Å². The molecular formula is C23H18FN5O3. The first-order valence-corrected chi connectivity index (χ1v) is 9.85. The van der Waals surface area contributed by atoms with Crippen LogP contribution in [0.25, 0.3) is 22.6 Å². The zero-order valence-corrected chi connectivity index (χ0v) is 17.2. The number of halogens is 1. The van der Waals surface area contributed by atoms with E-state index in [1.807, 2.05) is 7.05 Å². The monoisotopic (exact) mass is 431 g/mol. The van der Waals surface area contributed by atoms with E-state index in [9.17, 15) is 9.18 Å². The molecule has 4 heterocycles. The third-order valence-corrected chi connectivity index (χ3v) is 5.21. The molecule has 1 amide bonds. The number of amides is 1. The smallest absolute Gasteiger partial charge is 0.259 e. The number of imidazole rings is 1. The van der Waals surface area contributed by atoms with Gasteiger partial charge in [-0.15, -0.1) is 0 Å². The second kappa shape index (κ2) is 7.77. The first kappa shape index (κ1) is 19.7. The van der Waals surface area contributed by atoms with E-state index in [1.165, 1.54) is 18.4 Å². The fraction of sp³-hybridized carbons (Fsp3) is 0.130. The number of pyridine rings is 1. The molecule has 1 unspecified atom stereocenters. The SMILES string of the molecule is Cc1noc2nc(-c3ccco3)cc(C(=O)NC(c3cccc(F)c3)c3nccn3C)c12. The summed E-state index contributed by atoms with van der Waals surface area (Å²) in [7, 11) is 1.81. The highest BCUT2D eigenvalue weighted by molar-refractivity contribution is 6.07. The predicted octanol–water partition coefficient (Wildman–Crippen LogP) is 4.18. The highest BCUT2D eigenvalue weighted by Gasteiger charge is 2.25. The van der Waals surface area contributed by atoms with Gasteiger partial charge < -0.3 is 18.8 Å². The number of hydrogen-bond acceptors (Lipinski definition) is 6. The molecule has 160 valence electrons. The van der Waals surface area contributed by atoms with Crippen LogP contribution < -0.4 is 5.32 Å². The summed E-state index contributed by atoms with van der Waals surface area (Å²) >= 11 is 0. The Labute approximate surface area is 181 Å². The number of carbonyl (C=O) groups is 1. The summed E-state index contributed by atoms with van der Waals surface area (Å²) in [6, 6.07) is 10.5. The van der Waals surface area contributed by atoms with Gasteiger partial charge in [-0.05, 0) is 42.8 Å². The zero-order chi connectivity index (χ0) is 22.2. The van der Waals surface area contributed by atoms with Gasteiger partial charge in [-0.3, -0.25) is 4.79 Å². The number of hydrogen-bond donors (Lipinski definition) is 1. The summed E-state index contributed by atoms with van der Waals surface area (Å²) in [5.74, 6) is 0.231. The van der Waals surface area contributed by atoms with Crippen molar-refractivity contribution >= 4 is 17.0 Å². The van der Waals surface area contributed by atoms with Gasteiger partial charge >= 0.3 is 0 Å². The van der Waals surface area contributed by atoms with Crippen molar-refractivity contribution in [1.29, 1.82) is 0 Å². The van der Waals surface area contributed by atoms with Crippen molar-refractivity contribution in [3.8, 4) is 11.5 Å². The number of benzene rings is 1. The molecule has 0 aliphatic rings. The Morgan fingerprint density at radius 3 is 2.81 bits per heavy atom. The number of furan rings is 1. The molecule has 1 aromatic carbocycles. The number of nitrogens with one attached hydrogen (secondary N) is 1. The molecule has 1 atom stereocenters. The number of carbonyl (C=O) groups excluding carboxylic acids is 1. The lowest BCUT2D eigenvalue weighted by Gasteiger charge is -2.19. The van der Waals surface area contributed by atoms with E-state index < -0.39 is 17.8 Å². The molecule has 4 aromatic heterocycles. The molecule has 9 heteroatoms. The molecule has 1 N–H and O–H groups in total. The van der Waals surface area contributed by atoms with Crippen molar-refractivity contribution in [3.05, 3.63) is 89.6 Å². The summed E-state index contributed by atoms with van der Waals surface area (Å²) in [4.78, 5) is 22.3. The van der Waals surface area contributed by atoms with E-state index in [-0.39, 0.29) is 5.71 Å². The van der Waals surface area contributed by atoms with E-state index in [4.69, 9.17) is 8.94 Å². The van der Waals surface area contributed by atoms with Gasteiger partial charge in [-0.1, -0.05) is 17.3 Å². The average Bonchev–Trinajstić information content (AvgIpc) is 3.53. The number of rotatable bonds is 5. The Balaban J connectivity index is 1.61. The zero-order valence-electron chi connectivity index (χ0n) is 17.2. The highest BCUT2D eigenvalue weighted by atomic mass is 19.1. The van der Waals surface area contributed by atoms with Gasteiger partial charge in [0.05, 0.1) is 22.9 Å². The van der Waals surface area contributed by atoms with E-state index >= 15 is 0 Å². The standard InChI is InChI=1S/C23H18FN5O3/c1-13-19-16(12-17(18-7-4-10-31-18)26-23(19)32-28-13)22(30)27-20(21-25-8-9-29(21)2)14-5-3-6-15(24)11-14/h3-12,20H,1-2H3,(H,27,30). The van der Waals surface area contributed by atoms with Crippen LogP contribution in [-0.2, 0) is 7.05 Å². The molecule has 0 aliphatic heterocycles. The van der Waals surface area contributed by atoms with Crippen LogP contribution in [-0.4, -0.2) is 25.6 Å². The maximum atomic E-state index is 14.0. The minimum Gasteiger partial charge on any atom is -0.463 e. The van der Waals surface area contributed by atoms with Crippen molar-refractivity contribution in [2.75, 3.05) is 0 Å². The molecule has 5 aromatic rings. The quantitative estimate of drug-likeness (QED) is 0.448. The summed E-state index contributed by atoms with van der Waals surface area (Å²) in [6.45, 7) is 1.74. The molecule has 0 spiro atoms. The van der Waals surface area contributed by atoms with Crippen molar-refractivity contribution in [2.45, 2.75) is 13.0 Å². The van der Waals surface area contributed by atoms with E-state index in [2.05, 4.69) is 20.4 Å². The fourth-order valence-electron chi connectivity index (χ4n) is 3.67. The Hall–Kier alpha value is -4.27. The van der Waals surface area contributed by atoms with Crippen molar-refractivity contribution in [3.63, 3.8) is 0 Å². The van der Waals surface area contributed by atoms with Crippen molar-refractivity contribution in [2.24, 2.45) is 7.05 Å². The molecule has 0 fully saturated rings. The van der Waals surface area contributed by atoms with Crippen LogP contribution >= 0.6 is 0 Å². The lowest BCUT2D eigenvalue weighted by Crippen LogP contribution is -2.31. The Kier molecular flexibility index (Phi) is 4.78. The molecular weight excluding hydrogens is 413 g/mol. The van der Waals surface area contributed by atoms with Crippen LogP contribution in [0, 0.1) is 12.7 Å². The van der Waals surface area contributed by atoms with Gasteiger partial charge in [-0.25, -0.2) is 14.4 Å². The number of aromatic nitrogens is 4. The van der Waals surface area contributed by atoms with E-state index in [0.717, 1.165) is 0 Å². The van der Waals surface area contributed by atoms with Crippen LogP contribution in [0.4, 0.5) is 4.39 Å². The minimum atomic E-state index is -0.686. The lowest BCUT2D eigenvalue weighted by atomic mass is 10.0. The van der Waals surface area contributed by atoms with Crippen LogP contribution in [0.3, 0.4) is 0 Å². The molecule has 0 aliphatic carbocycles. The second-order valence-corrected chi connectivity index (χ2v) is 7.34. The van der Waals surface area contributed by atoms with Crippen molar-refractivity contribution in [1.82, 2.24) is 25.0 Å². The third kappa shape index (κ3) is 3.43. The minimum absolute atomic E-state index is 0.223. The molecule has 5 rings (SSSR count). The Bertz CT molecular complexity index is 1420. The first-order valence-electron chi connectivity index (χ1n) is 9.85. The number of aryl methyl sites for hydroxylation is 2. The normalized spacial score (nSPS) is 12.2. The summed E-state index contributed by atoms with van der Waals surface area (Å²) in [5.41, 5.74) is 2.06. The maximum absolute atomic E-state index is 14.0. The van der Waals surface area contributed by atoms with E-state index in [1.54, 1.807) is 54.2 Å². The molecule has 0 saturated carbocycles. The average molecular weight is 431 g/mol. The second-order valence-electron chi connectivity index (χ2n) is 7.34. The van der Waals surface area contributed by atoms with Crippen LogP contribution in [0.5, 0.6) is 0 Å². The summed E-state index contributed by atoms with van der Waals surface area (Å²) in [6.07, 6.45) is 4.91. The molecule has 8 nitrogen and oxygen atoms in total. The first-order chi connectivity index (χ1) is 15.5. The summed E-state index contributed by atoms with van der Waals surface area (Å²) < 4.78 is 26.5. The summed E-state index contributed by atoms with van der Waals surface area (Å²) in [5, 5.41) is 7.44. The van der Waals surface area contributed by atoms with Crippen LogP contribution in [0.2, 0.25) is 0 Å². The Morgan fingerprint density at radius 2 is 2.09 bits per heavy atom. The predicted molar refractivity (Wildman–Crippen MR) is 113 cm³/mol.